The van der Waals surface area contributed by atoms with E-state index in [9.17, 15) is 4.79 Å². The molecule has 134 valence electrons. The molecule has 5 nitrogen and oxygen atoms in total. The van der Waals surface area contributed by atoms with Gasteiger partial charge in [-0.15, -0.1) is 0 Å². The van der Waals surface area contributed by atoms with Crippen molar-refractivity contribution in [1.82, 2.24) is 19.8 Å². The molecule has 26 heavy (non-hydrogen) atoms. The van der Waals surface area contributed by atoms with Gasteiger partial charge in [-0.2, -0.15) is 0 Å². The van der Waals surface area contributed by atoms with Gasteiger partial charge >= 0.3 is 0 Å². The summed E-state index contributed by atoms with van der Waals surface area (Å²) in [5.41, 5.74) is 2.76. The van der Waals surface area contributed by atoms with E-state index in [1.165, 1.54) is 0 Å². The topological polar surface area (TPSA) is 52.2 Å². The molecule has 0 aliphatic carbocycles. The van der Waals surface area contributed by atoms with Gasteiger partial charge in [-0.05, 0) is 50.7 Å². The van der Waals surface area contributed by atoms with E-state index in [-0.39, 0.29) is 11.9 Å². The molecule has 1 saturated heterocycles. The number of rotatable bonds is 4. The average molecular weight is 348 g/mol. The van der Waals surface area contributed by atoms with Crippen molar-refractivity contribution < 1.29 is 4.79 Å². The molecular weight excluding hydrogens is 324 g/mol. The number of likely N-dealkylation sites (tertiary alicyclic amines) is 1. The van der Waals surface area contributed by atoms with E-state index < -0.39 is 0 Å². The van der Waals surface area contributed by atoms with Crippen LogP contribution in [-0.2, 0) is 6.54 Å². The first-order valence-electron chi connectivity index (χ1n) is 9.17. The number of aromatic amines is 1. The van der Waals surface area contributed by atoms with E-state index >= 15 is 0 Å². The fourth-order valence-corrected chi connectivity index (χ4v) is 3.70. The number of carbonyl (C=O) groups excluding carboxylic acids is 1. The number of fused-ring (bicyclic) bond motifs is 1. The summed E-state index contributed by atoms with van der Waals surface area (Å²) in [6.07, 6.45) is 5.55. The molecule has 2 aromatic heterocycles. The Morgan fingerprint density at radius 1 is 1.23 bits per heavy atom. The maximum absolute atomic E-state index is 13.4. The highest BCUT2D eigenvalue weighted by Crippen LogP contribution is 2.22. The number of piperidine rings is 1. The number of hydrogen-bond donors (Lipinski definition) is 1. The van der Waals surface area contributed by atoms with E-state index in [4.69, 9.17) is 0 Å². The van der Waals surface area contributed by atoms with Crippen LogP contribution in [0.4, 0.5) is 0 Å². The van der Waals surface area contributed by atoms with Crippen LogP contribution < -0.4 is 0 Å². The highest BCUT2D eigenvalue weighted by molar-refractivity contribution is 5.98. The van der Waals surface area contributed by atoms with Crippen LogP contribution in [-0.4, -0.2) is 51.9 Å². The van der Waals surface area contributed by atoms with Gasteiger partial charge in [0.1, 0.15) is 5.69 Å². The van der Waals surface area contributed by atoms with Crippen LogP contribution in [0.3, 0.4) is 0 Å². The van der Waals surface area contributed by atoms with Crippen molar-refractivity contribution in [3.63, 3.8) is 0 Å². The SMILES string of the molecule is CN1CCC(N(Cc2ccccc2)C(=O)c2cc3cnccc3[nH]2)CC1. The third kappa shape index (κ3) is 3.48. The van der Waals surface area contributed by atoms with Crippen molar-refractivity contribution in [2.45, 2.75) is 25.4 Å². The van der Waals surface area contributed by atoms with Gasteiger partial charge in [0, 0.05) is 35.9 Å². The molecule has 4 rings (SSSR count). The van der Waals surface area contributed by atoms with Gasteiger partial charge < -0.3 is 14.8 Å². The maximum Gasteiger partial charge on any atom is 0.270 e. The first-order valence-corrected chi connectivity index (χ1v) is 9.17. The van der Waals surface area contributed by atoms with Gasteiger partial charge in [-0.3, -0.25) is 9.78 Å². The molecule has 5 heteroatoms. The Morgan fingerprint density at radius 3 is 2.73 bits per heavy atom. The van der Waals surface area contributed by atoms with E-state index in [1.54, 1.807) is 12.4 Å². The number of nitrogens with zero attached hydrogens (tertiary/aromatic N) is 3. The molecule has 0 saturated carbocycles. The lowest BCUT2D eigenvalue weighted by Gasteiger charge is -2.37. The molecule has 3 aromatic rings. The summed E-state index contributed by atoms with van der Waals surface area (Å²) in [6, 6.07) is 14.3. The second-order valence-electron chi connectivity index (χ2n) is 7.10. The van der Waals surface area contributed by atoms with Crippen molar-refractivity contribution in [2.24, 2.45) is 0 Å². The van der Waals surface area contributed by atoms with Gasteiger partial charge in [0.05, 0.1) is 0 Å². The van der Waals surface area contributed by atoms with Gasteiger partial charge in [-0.1, -0.05) is 30.3 Å². The lowest BCUT2D eigenvalue weighted by molar-refractivity contribution is 0.0564. The summed E-state index contributed by atoms with van der Waals surface area (Å²) in [4.78, 5) is 25.1. The molecule has 1 fully saturated rings. The third-order valence-electron chi connectivity index (χ3n) is 5.24. The second-order valence-corrected chi connectivity index (χ2v) is 7.10. The molecule has 1 aliphatic heterocycles. The van der Waals surface area contributed by atoms with E-state index in [0.29, 0.717) is 12.2 Å². The average Bonchev–Trinajstić information content (AvgIpc) is 3.11. The normalized spacial score (nSPS) is 16.0. The molecule has 0 radical (unpaired) electrons. The Morgan fingerprint density at radius 2 is 2.00 bits per heavy atom. The lowest BCUT2D eigenvalue weighted by Crippen LogP contribution is -2.46. The number of amides is 1. The van der Waals surface area contributed by atoms with Crippen molar-refractivity contribution in [2.75, 3.05) is 20.1 Å². The van der Waals surface area contributed by atoms with Crippen molar-refractivity contribution in [3.8, 4) is 0 Å². The number of aromatic nitrogens is 2. The summed E-state index contributed by atoms with van der Waals surface area (Å²) in [7, 11) is 2.14. The van der Waals surface area contributed by atoms with E-state index in [1.807, 2.05) is 35.2 Å². The van der Waals surface area contributed by atoms with Crippen molar-refractivity contribution in [1.29, 1.82) is 0 Å². The Bertz CT molecular complexity index is 848. The minimum Gasteiger partial charge on any atom is -0.350 e. The predicted octanol–water partition coefficient (Wildman–Crippen LogP) is 3.30. The summed E-state index contributed by atoms with van der Waals surface area (Å²) < 4.78 is 0. The fourth-order valence-electron chi connectivity index (χ4n) is 3.70. The molecule has 0 atom stereocenters. The van der Waals surface area contributed by atoms with Crippen LogP contribution in [0.15, 0.2) is 54.9 Å². The van der Waals surface area contributed by atoms with Crippen LogP contribution in [0.25, 0.3) is 10.9 Å². The molecule has 1 aromatic carbocycles. The minimum atomic E-state index is 0.0691. The Hall–Kier alpha value is -2.66. The smallest absolute Gasteiger partial charge is 0.270 e. The van der Waals surface area contributed by atoms with Crippen LogP contribution in [0.2, 0.25) is 0 Å². The molecular formula is C21H24N4O. The predicted molar refractivity (Wildman–Crippen MR) is 103 cm³/mol. The molecule has 1 amide bonds. The standard InChI is InChI=1S/C21H24N4O/c1-24-11-8-18(9-12-24)25(15-16-5-3-2-4-6-16)21(26)20-13-17-14-22-10-7-19(17)23-20/h2-7,10,13-14,18,23H,8-9,11-12,15H2,1H3. The number of carbonyl (C=O) groups is 1. The highest BCUT2D eigenvalue weighted by atomic mass is 16.2. The third-order valence-corrected chi connectivity index (χ3v) is 5.24. The Labute approximate surface area is 153 Å². The number of benzene rings is 1. The van der Waals surface area contributed by atoms with Crippen LogP contribution in [0.5, 0.6) is 0 Å². The van der Waals surface area contributed by atoms with Crippen molar-refractivity contribution >= 4 is 16.8 Å². The van der Waals surface area contributed by atoms with Gasteiger partial charge in [0.2, 0.25) is 0 Å². The van der Waals surface area contributed by atoms with Crippen LogP contribution in [0, 0.1) is 0 Å². The van der Waals surface area contributed by atoms with Crippen molar-refractivity contribution in [3.05, 3.63) is 66.1 Å². The number of pyridine rings is 1. The monoisotopic (exact) mass is 348 g/mol. The Kier molecular flexibility index (Phi) is 4.71. The maximum atomic E-state index is 13.4. The zero-order chi connectivity index (χ0) is 17.9. The van der Waals surface area contributed by atoms with Crippen LogP contribution >= 0.6 is 0 Å². The molecule has 0 unspecified atom stereocenters. The number of H-pyrrole nitrogens is 1. The van der Waals surface area contributed by atoms with Crippen LogP contribution in [0.1, 0.15) is 28.9 Å². The minimum absolute atomic E-state index is 0.0691. The highest BCUT2D eigenvalue weighted by Gasteiger charge is 2.28. The lowest BCUT2D eigenvalue weighted by atomic mass is 10.0. The fraction of sp³-hybridized carbons (Fsp3) is 0.333. The summed E-state index contributed by atoms with van der Waals surface area (Å²) in [5, 5.41) is 0.971. The molecule has 1 N–H and O–H groups in total. The zero-order valence-electron chi connectivity index (χ0n) is 15.1. The quantitative estimate of drug-likeness (QED) is 0.787. The second kappa shape index (κ2) is 7.30. The van der Waals surface area contributed by atoms with Gasteiger partial charge in [0.15, 0.2) is 0 Å². The molecule has 3 heterocycles. The Balaban J connectivity index is 1.63. The summed E-state index contributed by atoms with van der Waals surface area (Å²) >= 11 is 0. The molecule has 0 spiro atoms. The number of hydrogen-bond acceptors (Lipinski definition) is 3. The first-order chi connectivity index (χ1) is 12.7. The zero-order valence-corrected chi connectivity index (χ0v) is 15.1. The molecule has 0 bridgehead atoms. The number of nitrogens with one attached hydrogen (secondary N) is 1. The largest absolute Gasteiger partial charge is 0.350 e. The first kappa shape index (κ1) is 16.8. The summed E-state index contributed by atoms with van der Waals surface area (Å²) in [6.45, 7) is 2.70. The van der Waals surface area contributed by atoms with E-state index in [2.05, 4.69) is 34.0 Å². The van der Waals surface area contributed by atoms with E-state index in [0.717, 1.165) is 42.4 Å². The van der Waals surface area contributed by atoms with Gasteiger partial charge in [0.25, 0.3) is 5.91 Å². The van der Waals surface area contributed by atoms with Gasteiger partial charge in [-0.25, -0.2) is 0 Å². The molecule has 1 aliphatic rings. The summed E-state index contributed by atoms with van der Waals surface area (Å²) in [5.74, 6) is 0.0691.